The SMILES string of the molecule is O=C(Nc1ccccc1)c1[nH]c(=O)[nH]c1CN1CCC(c2ccccc2)CC1. The molecule has 1 fully saturated rings. The number of imidazole rings is 1. The van der Waals surface area contributed by atoms with Crippen molar-refractivity contribution in [3.8, 4) is 0 Å². The topological polar surface area (TPSA) is 81.0 Å². The van der Waals surface area contributed by atoms with Gasteiger partial charge in [-0.25, -0.2) is 4.79 Å². The van der Waals surface area contributed by atoms with Gasteiger partial charge < -0.3 is 15.3 Å². The van der Waals surface area contributed by atoms with Crippen molar-refractivity contribution < 1.29 is 4.79 Å². The van der Waals surface area contributed by atoms with Gasteiger partial charge in [0, 0.05) is 12.2 Å². The van der Waals surface area contributed by atoms with Crippen molar-refractivity contribution >= 4 is 11.6 Å². The number of aromatic nitrogens is 2. The summed E-state index contributed by atoms with van der Waals surface area (Å²) in [6, 6.07) is 19.8. The van der Waals surface area contributed by atoms with Crippen LogP contribution in [0.5, 0.6) is 0 Å². The maximum Gasteiger partial charge on any atom is 0.323 e. The first-order valence-corrected chi connectivity index (χ1v) is 9.64. The Balaban J connectivity index is 1.40. The predicted molar refractivity (Wildman–Crippen MR) is 110 cm³/mol. The number of likely N-dealkylation sites (tertiary alicyclic amines) is 1. The van der Waals surface area contributed by atoms with E-state index < -0.39 is 0 Å². The second-order valence-electron chi connectivity index (χ2n) is 7.21. The number of anilines is 1. The standard InChI is InChI=1S/C22H24N4O2/c27-21(23-18-9-5-2-6-10-18)20-19(24-22(28)25-20)15-26-13-11-17(12-14-26)16-7-3-1-4-8-16/h1-10,17H,11-15H2,(H,23,27)(H2,24,25,28). The summed E-state index contributed by atoms with van der Waals surface area (Å²) in [5.41, 5.74) is 2.67. The molecule has 3 N–H and O–H groups in total. The highest BCUT2D eigenvalue weighted by atomic mass is 16.2. The third-order valence-electron chi connectivity index (χ3n) is 5.30. The van der Waals surface area contributed by atoms with Gasteiger partial charge in [-0.15, -0.1) is 0 Å². The summed E-state index contributed by atoms with van der Waals surface area (Å²) >= 11 is 0. The second kappa shape index (κ2) is 8.27. The smallest absolute Gasteiger partial charge is 0.321 e. The number of nitrogens with one attached hydrogen (secondary N) is 3. The van der Waals surface area contributed by atoms with Crippen LogP contribution < -0.4 is 11.0 Å². The van der Waals surface area contributed by atoms with E-state index in [0.29, 0.717) is 29.5 Å². The van der Waals surface area contributed by atoms with Crippen LogP contribution in [-0.4, -0.2) is 33.9 Å². The highest BCUT2D eigenvalue weighted by Crippen LogP contribution is 2.28. The molecule has 28 heavy (non-hydrogen) atoms. The van der Waals surface area contributed by atoms with Gasteiger partial charge in [-0.05, 0) is 49.5 Å². The van der Waals surface area contributed by atoms with E-state index >= 15 is 0 Å². The van der Waals surface area contributed by atoms with Gasteiger partial charge in [-0.2, -0.15) is 0 Å². The largest absolute Gasteiger partial charge is 0.323 e. The Bertz CT molecular complexity index is 971. The summed E-state index contributed by atoms with van der Waals surface area (Å²) in [5.74, 6) is 0.266. The molecule has 1 saturated heterocycles. The molecule has 0 saturated carbocycles. The second-order valence-corrected chi connectivity index (χ2v) is 7.21. The van der Waals surface area contributed by atoms with Gasteiger partial charge in [-0.1, -0.05) is 48.5 Å². The fourth-order valence-corrected chi connectivity index (χ4v) is 3.82. The molecule has 0 bridgehead atoms. The van der Waals surface area contributed by atoms with Gasteiger partial charge in [0.1, 0.15) is 5.69 Å². The molecule has 0 radical (unpaired) electrons. The zero-order valence-electron chi connectivity index (χ0n) is 15.7. The first-order chi connectivity index (χ1) is 13.7. The van der Waals surface area contributed by atoms with Crippen LogP contribution in [0.1, 0.15) is 40.5 Å². The van der Waals surface area contributed by atoms with Gasteiger partial charge in [0.2, 0.25) is 0 Å². The summed E-state index contributed by atoms with van der Waals surface area (Å²) in [7, 11) is 0. The Morgan fingerprint density at radius 2 is 1.61 bits per heavy atom. The molecule has 0 atom stereocenters. The molecule has 6 nitrogen and oxygen atoms in total. The number of nitrogens with zero attached hydrogens (tertiary/aromatic N) is 1. The fourth-order valence-electron chi connectivity index (χ4n) is 3.82. The van der Waals surface area contributed by atoms with Crippen LogP contribution in [0.4, 0.5) is 5.69 Å². The minimum atomic E-state index is -0.354. The van der Waals surface area contributed by atoms with Gasteiger partial charge in [-0.3, -0.25) is 9.69 Å². The summed E-state index contributed by atoms with van der Waals surface area (Å²) in [4.78, 5) is 32.2. The number of para-hydroxylation sites is 1. The van der Waals surface area contributed by atoms with Crippen LogP contribution in [0.15, 0.2) is 65.5 Å². The monoisotopic (exact) mass is 376 g/mol. The molecule has 1 amide bonds. The number of H-pyrrole nitrogens is 2. The van der Waals surface area contributed by atoms with Crippen LogP contribution in [-0.2, 0) is 6.54 Å². The number of hydrogen-bond donors (Lipinski definition) is 3. The Morgan fingerprint density at radius 1 is 0.964 bits per heavy atom. The summed E-state index contributed by atoms with van der Waals surface area (Å²) in [6.07, 6.45) is 2.15. The molecule has 0 aliphatic carbocycles. The first-order valence-electron chi connectivity index (χ1n) is 9.64. The molecule has 1 aliphatic heterocycles. The Kier molecular flexibility index (Phi) is 5.39. The maximum absolute atomic E-state index is 12.6. The van der Waals surface area contributed by atoms with Gasteiger partial charge >= 0.3 is 5.69 Å². The van der Waals surface area contributed by atoms with Crippen molar-refractivity contribution in [1.29, 1.82) is 0 Å². The van der Waals surface area contributed by atoms with Crippen LogP contribution in [0.2, 0.25) is 0 Å². The van der Waals surface area contributed by atoms with Gasteiger partial charge in [0.15, 0.2) is 0 Å². The summed E-state index contributed by atoms with van der Waals surface area (Å²) in [5, 5.41) is 2.83. The Morgan fingerprint density at radius 3 is 2.29 bits per heavy atom. The van der Waals surface area contributed by atoms with Crippen molar-refractivity contribution in [2.75, 3.05) is 18.4 Å². The number of piperidine rings is 1. The number of hydrogen-bond acceptors (Lipinski definition) is 3. The lowest BCUT2D eigenvalue weighted by molar-refractivity contribution is 0.102. The maximum atomic E-state index is 12.6. The number of rotatable bonds is 5. The zero-order valence-corrected chi connectivity index (χ0v) is 15.7. The predicted octanol–water partition coefficient (Wildman–Crippen LogP) is 3.33. The molecule has 1 aliphatic rings. The number of carbonyl (C=O) groups excluding carboxylic acids is 1. The van der Waals surface area contributed by atoms with Crippen molar-refractivity contribution in [2.24, 2.45) is 0 Å². The molecule has 144 valence electrons. The Labute approximate surface area is 163 Å². The van der Waals surface area contributed by atoms with E-state index in [1.807, 2.05) is 36.4 Å². The van der Waals surface area contributed by atoms with E-state index in [2.05, 4.69) is 44.5 Å². The number of aromatic amines is 2. The summed E-state index contributed by atoms with van der Waals surface area (Å²) < 4.78 is 0. The van der Waals surface area contributed by atoms with Crippen LogP contribution >= 0.6 is 0 Å². The molecule has 0 unspecified atom stereocenters. The first kappa shape index (κ1) is 18.3. The average Bonchev–Trinajstić information content (AvgIpc) is 3.10. The molecular formula is C22H24N4O2. The van der Waals surface area contributed by atoms with Gasteiger partial charge in [0.05, 0.1) is 5.69 Å². The zero-order chi connectivity index (χ0) is 19.3. The molecule has 0 spiro atoms. The van der Waals surface area contributed by atoms with Gasteiger partial charge in [0.25, 0.3) is 5.91 Å². The van der Waals surface area contributed by atoms with E-state index in [1.165, 1.54) is 5.56 Å². The Hall–Kier alpha value is -3.12. The van der Waals surface area contributed by atoms with Crippen molar-refractivity contribution in [1.82, 2.24) is 14.9 Å². The normalized spacial score (nSPS) is 15.4. The molecule has 3 aromatic rings. The summed E-state index contributed by atoms with van der Waals surface area (Å²) in [6.45, 7) is 2.43. The van der Waals surface area contributed by atoms with Crippen molar-refractivity contribution in [3.05, 3.63) is 88.1 Å². The third kappa shape index (κ3) is 4.23. The molecule has 6 heteroatoms. The minimum absolute atomic E-state index is 0.305. The molecule has 2 aromatic carbocycles. The van der Waals surface area contributed by atoms with E-state index in [0.717, 1.165) is 25.9 Å². The van der Waals surface area contributed by atoms with Crippen LogP contribution in [0.3, 0.4) is 0 Å². The van der Waals surface area contributed by atoms with Crippen LogP contribution in [0, 0.1) is 0 Å². The van der Waals surface area contributed by atoms with Crippen molar-refractivity contribution in [2.45, 2.75) is 25.3 Å². The van der Waals surface area contributed by atoms with E-state index in [-0.39, 0.29) is 11.6 Å². The lowest BCUT2D eigenvalue weighted by Gasteiger charge is -2.32. The minimum Gasteiger partial charge on any atom is -0.321 e. The molecule has 4 rings (SSSR count). The molecule has 2 heterocycles. The lowest BCUT2D eigenvalue weighted by Crippen LogP contribution is -2.33. The van der Waals surface area contributed by atoms with E-state index in [4.69, 9.17) is 0 Å². The number of carbonyl (C=O) groups is 1. The molecular weight excluding hydrogens is 352 g/mol. The van der Waals surface area contributed by atoms with Crippen LogP contribution in [0.25, 0.3) is 0 Å². The highest BCUT2D eigenvalue weighted by molar-refractivity contribution is 6.03. The van der Waals surface area contributed by atoms with Crippen molar-refractivity contribution in [3.63, 3.8) is 0 Å². The third-order valence-corrected chi connectivity index (χ3v) is 5.30. The van der Waals surface area contributed by atoms with E-state index in [9.17, 15) is 9.59 Å². The highest BCUT2D eigenvalue weighted by Gasteiger charge is 2.23. The van der Waals surface area contributed by atoms with E-state index in [1.54, 1.807) is 0 Å². The molecule has 1 aromatic heterocycles. The average molecular weight is 376 g/mol. The fraction of sp³-hybridized carbons (Fsp3) is 0.273. The quantitative estimate of drug-likeness (QED) is 0.639. The lowest BCUT2D eigenvalue weighted by atomic mass is 9.89. The number of amides is 1. The number of benzene rings is 2.